The van der Waals surface area contributed by atoms with Gasteiger partial charge in [-0.25, -0.2) is 0 Å². The lowest BCUT2D eigenvalue weighted by Gasteiger charge is -2.18. The first kappa shape index (κ1) is 59.9. The van der Waals surface area contributed by atoms with Crippen molar-refractivity contribution in [1.82, 2.24) is 0 Å². The smallest absolute Gasteiger partial charge is 0.306 e. The monoisotopic (exact) mass is 873 g/mol. The highest BCUT2D eigenvalue weighted by Gasteiger charge is 2.19. The summed E-state index contributed by atoms with van der Waals surface area (Å²) in [5.41, 5.74) is 0. The number of esters is 3. The lowest BCUT2D eigenvalue weighted by molar-refractivity contribution is -0.167. The maximum Gasteiger partial charge on any atom is 0.306 e. The molecule has 0 N–H and O–H groups in total. The summed E-state index contributed by atoms with van der Waals surface area (Å²) in [5.74, 6) is -0.871. The Balaban J connectivity index is 4.32. The van der Waals surface area contributed by atoms with Gasteiger partial charge in [-0.3, -0.25) is 14.4 Å². The predicted octanol–water partition coefficient (Wildman–Crippen LogP) is 17.9. The summed E-state index contributed by atoms with van der Waals surface area (Å²) in [7, 11) is 0. The standard InChI is InChI=1S/C56H104O6/c1-4-7-10-13-16-19-22-24-26-27-28-30-31-34-37-40-43-46-49-55(58)61-52-53(51-60-54(57)48-45-42-39-36-33-21-18-15-12-9-6-3)62-56(59)50-47-44-41-38-35-32-29-25-23-20-17-14-11-8-5-2/h20,23,28,30,53H,4-19,21-22,24-27,29,31-52H2,1-3H3/b23-20-,30-28-. The molecule has 0 amide bonds. The van der Waals surface area contributed by atoms with Gasteiger partial charge in [0.05, 0.1) is 0 Å². The molecule has 0 spiro atoms. The summed E-state index contributed by atoms with van der Waals surface area (Å²) in [5, 5.41) is 0. The lowest BCUT2D eigenvalue weighted by Crippen LogP contribution is -2.30. The molecule has 0 rings (SSSR count). The maximum atomic E-state index is 12.8. The van der Waals surface area contributed by atoms with Crippen molar-refractivity contribution >= 4 is 17.9 Å². The van der Waals surface area contributed by atoms with Crippen LogP contribution in [0.3, 0.4) is 0 Å². The van der Waals surface area contributed by atoms with E-state index in [-0.39, 0.29) is 31.1 Å². The Morgan fingerprint density at radius 3 is 0.823 bits per heavy atom. The van der Waals surface area contributed by atoms with Crippen molar-refractivity contribution in [1.29, 1.82) is 0 Å². The van der Waals surface area contributed by atoms with E-state index in [1.807, 2.05) is 0 Å². The van der Waals surface area contributed by atoms with Crippen LogP contribution in [0.25, 0.3) is 0 Å². The van der Waals surface area contributed by atoms with E-state index < -0.39 is 6.10 Å². The van der Waals surface area contributed by atoms with Gasteiger partial charge in [0.1, 0.15) is 13.2 Å². The van der Waals surface area contributed by atoms with Gasteiger partial charge in [0.2, 0.25) is 0 Å². The summed E-state index contributed by atoms with van der Waals surface area (Å²) in [4.78, 5) is 38.0. The van der Waals surface area contributed by atoms with E-state index in [4.69, 9.17) is 14.2 Å². The summed E-state index contributed by atoms with van der Waals surface area (Å²) in [6.45, 7) is 6.64. The van der Waals surface area contributed by atoms with E-state index in [1.165, 1.54) is 193 Å². The van der Waals surface area contributed by atoms with Crippen LogP contribution in [0.5, 0.6) is 0 Å². The number of rotatable bonds is 50. The number of carbonyl (C=O) groups excluding carboxylic acids is 3. The molecule has 0 aliphatic heterocycles. The highest BCUT2D eigenvalue weighted by Crippen LogP contribution is 2.16. The fourth-order valence-corrected chi connectivity index (χ4v) is 8.02. The molecule has 0 aliphatic carbocycles. The Kier molecular flexibility index (Phi) is 49.8. The van der Waals surface area contributed by atoms with Crippen LogP contribution in [0.4, 0.5) is 0 Å². The topological polar surface area (TPSA) is 78.9 Å². The zero-order chi connectivity index (χ0) is 45.1. The highest BCUT2D eigenvalue weighted by atomic mass is 16.6. The second kappa shape index (κ2) is 51.5. The van der Waals surface area contributed by atoms with E-state index in [9.17, 15) is 14.4 Å². The fraction of sp³-hybridized carbons (Fsp3) is 0.875. The molecular weight excluding hydrogens is 769 g/mol. The molecule has 0 radical (unpaired) electrons. The molecular formula is C56H104O6. The normalized spacial score (nSPS) is 12.1. The first-order chi connectivity index (χ1) is 30.5. The summed E-state index contributed by atoms with van der Waals surface area (Å²) < 4.78 is 16.8. The first-order valence-electron chi connectivity index (χ1n) is 27.3. The van der Waals surface area contributed by atoms with Crippen molar-refractivity contribution in [3.8, 4) is 0 Å². The van der Waals surface area contributed by atoms with Gasteiger partial charge < -0.3 is 14.2 Å². The van der Waals surface area contributed by atoms with Crippen LogP contribution in [0, 0.1) is 0 Å². The summed E-state index contributed by atoms with van der Waals surface area (Å²) in [6.07, 6.45) is 58.8. The van der Waals surface area contributed by atoms with Crippen molar-refractivity contribution in [2.24, 2.45) is 0 Å². The Bertz CT molecular complexity index is 1000. The van der Waals surface area contributed by atoms with Crippen LogP contribution in [0.1, 0.15) is 297 Å². The average molecular weight is 873 g/mol. The molecule has 0 aromatic carbocycles. The minimum Gasteiger partial charge on any atom is -0.462 e. The van der Waals surface area contributed by atoms with Gasteiger partial charge in [0.15, 0.2) is 6.10 Å². The third kappa shape index (κ3) is 48.9. The molecule has 6 heteroatoms. The van der Waals surface area contributed by atoms with Gasteiger partial charge in [-0.2, -0.15) is 0 Å². The van der Waals surface area contributed by atoms with Crippen LogP contribution >= 0.6 is 0 Å². The third-order valence-electron chi connectivity index (χ3n) is 12.2. The second-order valence-corrected chi connectivity index (χ2v) is 18.5. The zero-order valence-electron chi connectivity index (χ0n) is 41.7. The maximum absolute atomic E-state index is 12.8. The second-order valence-electron chi connectivity index (χ2n) is 18.5. The van der Waals surface area contributed by atoms with E-state index in [2.05, 4.69) is 45.1 Å². The van der Waals surface area contributed by atoms with Crippen LogP contribution in [0.15, 0.2) is 24.3 Å². The molecule has 0 fully saturated rings. The van der Waals surface area contributed by atoms with Crippen molar-refractivity contribution < 1.29 is 28.6 Å². The summed E-state index contributed by atoms with van der Waals surface area (Å²) >= 11 is 0. The molecule has 6 nitrogen and oxygen atoms in total. The summed E-state index contributed by atoms with van der Waals surface area (Å²) in [6, 6.07) is 0. The Morgan fingerprint density at radius 2 is 0.532 bits per heavy atom. The molecule has 0 aromatic rings. The van der Waals surface area contributed by atoms with E-state index >= 15 is 0 Å². The van der Waals surface area contributed by atoms with Crippen molar-refractivity contribution in [2.75, 3.05) is 13.2 Å². The van der Waals surface area contributed by atoms with Crippen LogP contribution in [0.2, 0.25) is 0 Å². The molecule has 0 heterocycles. The van der Waals surface area contributed by atoms with Gasteiger partial charge in [-0.1, -0.05) is 231 Å². The number of hydrogen-bond acceptors (Lipinski definition) is 6. The minimum atomic E-state index is -0.772. The number of allylic oxidation sites excluding steroid dienone is 4. The molecule has 0 aliphatic rings. The number of hydrogen-bond donors (Lipinski definition) is 0. The molecule has 62 heavy (non-hydrogen) atoms. The van der Waals surface area contributed by atoms with Gasteiger partial charge in [0, 0.05) is 19.3 Å². The fourth-order valence-electron chi connectivity index (χ4n) is 8.02. The average Bonchev–Trinajstić information content (AvgIpc) is 3.27. The molecule has 364 valence electrons. The minimum absolute atomic E-state index is 0.0719. The van der Waals surface area contributed by atoms with Gasteiger partial charge in [-0.05, 0) is 70.6 Å². The Hall–Kier alpha value is -2.11. The number of ether oxygens (including phenoxy) is 3. The molecule has 1 atom stereocenters. The Labute approximate surface area is 385 Å². The number of unbranched alkanes of at least 4 members (excludes halogenated alkanes) is 35. The SMILES string of the molecule is CCCCCC/C=C\CCCCCCCCCC(=O)OC(COC(=O)CCCCCCC/C=C\CCCCCCCCCCC)COC(=O)CCCCCCCCCCCCC. The third-order valence-corrected chi connectivity index (χ3v) is 12.2. The van der Waals surface area contributed by atoms with Crippen molar-refractivity contribution in [3.05, 3.63) is 24.3 Å². The van der Waals surface area contributed by atoms with Crippen molar-refractivity contribution in [2.45, 2.75) is 303 Å². The van der Waals surface area contributed by atoms with Crippen LogP contribution in [-0.2, 0) is 28.6 Å². The predicted molar refractivity (Wildman–Crippen MR) is 266 cm³/mol. The largest absolute Gasteiger partial charge is 0.462 e. The lowest BCUT2D eigenvalue weighted by atomic mass is 10.1. The molecule has 0 saturated carbocycles. The molecule has 0 aromatic heterocycles. The first-order valence-corrected chi connectivity index (χ1v) is 27.3. The quantitative estimate of drug-likeness (QED) is 0.0262. The Morgan fingerprint density at radius 1 is 0.306 bits per heavy atom. The van der Waals surface area contributed by atoms with Gasteiger partial charge in [0.25, 0.3) is 0 Å². The van der Waals surface area contributed by atoms with Gasteiger partial charge in [-0.15, -0.1) is 0 Å². The molecule has 0 bridgehead atoms. The van der Waals surface area contributed by atoms with E-state index in [1.54, 1.807) is 0 Å². The van der Waals surface area contributed by atoms with Crippen LogP contribution in [-0.4, -0.2) is 37.2 Å². The van der Waals surface area contributed by atoms with Crippen molar-refractivity contribution in [3.63, 3.8) is 0 Å². The van der Waals surface area contributed by atoms with E-state index in [0.717, 1.165) is 64.2 Å². The number of carbonyl (C=O) groups is 3. The zero-order valence-corrected chi connectivity index (χ0v) is 41.7. The van der Waals surface area contributed by atoms with E-state index in [0.29, 0.717) is 19.3 Å². The van der Waals surface area contributed by atoms with Gasteiger partial charge >= 0.3 is 17.9 Å². The van der Waals surface area contributed by atoms with Crippen LogP contribution < -0.4 is 0 Å². The molecule has 0 saturated heterocycles. The highest BCUT2D eigenvalue weighted by molar-refractivity contribution is 5.71. The molecule has 1 unspecified atom stereocenters.